The molecule has 0 amide bonds. The van der Waals surface area contributed by atoms with Gasteiger partial charge in [0.25, 0.3) is 0 Å². The summed E-state index contributed by atoms with van der Waals surface area (Å²) in [7, 11) is 5.23. The van der Waals surface area contributed by atoms with Crippen molar-refractivity contribution in [2.45, 2.75) is 123 Å². The van der Waals surface area contributed by atoms with Crippen LogP contribution >= 0.6 is 0 Å². The van der Waals surface area contributed by atoms with Crippen LogP contribution in [0.3, 0.4) is 0 Å². The van der Waals surface area contributed by atoms with Gasteiger partial charge in [0.15, 0.2) is 29.6 Å². The highest BCUT2D eigenvalue weighted by atomic mass is 16.7. The van der Waals surface area contributed by atoms with E-state index in [0.29, 0.717) is 12.0 Å². The van der Waals surface area contributed by atoms with Crippen molar-refractivity contribution in [3.8, 4) is 0 Å². The van der Waals surface area contributed by atoms with Gasteiger partial charge in [0.05, 0.1) is 29.4 Å². The van der Waals surface area contributed by atoms with Crippen LogP contribution in [0.5, 0.6) is 0 Å². The third-order valence-electron chi connectivity index (χ3n) is 11.2. The second-order valence-electron chi connectivity index (χ2n) is 15.4. The molecule has 0 radical (unpaired) electrons. The molecule has 1 fully saturated rings. The number of aromatic nitrogens is 2. The Balaban J connectivity index is 1.78. The van der Waals surface area contributed by atoms with E-state index in [-0.39, 0.29) is 36.3 Å². The van der Waals surface area contributed by atoms with Crippen LogP contribution in [0.1, 0.15) is 85.0 Å². The number of benzene rings is 1. The molecule has 14 heteroatoms. The van der Waals surface area contributed by atoms with Crippen molar-refractivity contribution in [3.63, 3.8) is 0 Å². The Morgan fingerprint density at radius 2 is 1.73 bits per heavy atom. The molecule has 14 nitrogen and oxygen atoms in total. The lowest BCUT2D eigenvalue weighted by atomic mass is 9.76. The molecule has 1 aromatic heterocycles. The van der Waals surface area contributed by atoms with Crippen LogP contribution in [0.2, 0.25) is 0 Å². The average molecular weight is 768 g/mol. The predicted molar refractivity (Wildman–Crippen MR) is 201 cm³/mol. The minimum Gasteiger partial charge on any atom is -0.457 e. The molecule has 11 atom stereocenters. The monoisotopic (exact) mass is 767 g/mol. The molecule has 55 heavy (non-hydrogen) atoms. The quantitative estimate of drug-likeness (QED) is 0.190. The Kier molecular flexibility index (Phi) is 14.3. The number of esters is 2. The van der Waals surface area contributed by atoms with E-state index in [0.717, 1.165) is 4.57 Å². The van der Waals surface area contributed by atoms with Crippen LogP contribution < -0.4 is 0 Å². The number of hydrogen-bond donors (Lipinski definition) is 0. The van der Waals surface area contributed by atoms with Gasteiger partial charge in [0.1, 0.15) is 18.3 Å². The number of allylic oxidation sites excluding steroid dienone is 1. The van der Waals surface area contributed by atoms with Crippen LogP contribution in [-0.2, 0) is 42.8 Å². The number of nitrogens with zero attached hydrogens (tertiary/aromatic N) is 3. The highest BCUT2D eigenvalue weighted by Gasteiger charge is 2.49. The molecule has 2 aromatic rings. The van der Waals surface area contributed by atoms with E-state index in [1.807, 2.05) is 25.9 Å². The van der Waals surface area contributed by atoms with Gasteiger partial charge in [0.2, 0.25) is 0 Å². The van der Waals surface area contributed by atoms with E-state index >= 15 is 0 Å². The lowest BCUT2D eigenvalue weighted by Gasteiger charge is -2.45. The molecule has 2 aliphatic heterocycles. The fourth-order valence-electron chi connectivity index (χ4n) is 7.34. The van der Waals surface area contributed by atoms with Gasteiger partial charge in [-0.1, -0.05) is 39.0 Å². The summed E-state index contributed by atoms with van der Waals surface area (Å²) < 4.78 is 38.3. The maximum absolute atomic E-state index is 14.3. The zero-order valence-corrected chi connectivity index (χ0v) is 33.8. The van der Waals surface area contributed by atoms with Crippen LogP contribution in [-0.4, -0.2) is 113 Å². The average Bonchev–Trinajstić information content (AvgIpc) is 3.71. The third kappa shape index (κ3) is 9.96. The number of Topliss-reactive ketones (excluding diaryl/α,β-unsaturated/α-hetero) is 2. The summed E-state index contributed by atoms with van der Waals surface area (Å²) in [6, 6.07) is 8.28. The molecule has 0 saturated carbocycles. The maximum Gasteiger partial charge on any atom is 0.420 e. The van der Waals surface area contributed by atoms with E-state index in [4.69, 9.17) is 28.4 Å². The summed E-state index contributed by atoms with van der Waals surface area (Å²) in [5.74, 6) is -5.27. The molecule has 3 heterocycles. The largest absolute Gasteiger partial charge is 0.457 e. The van der Waals surface area contributed by atoms with Gasteiger partial charge in [0, 0.05) is 37.8 Å². The van der Waals surface area contributed by atoms with Crippen molar-refractivity contribution < 1.29 is 52.4 Å². The molecule has 0 N–H and O–H groups in total. The van der Waals surface area contributed by atoms with E-state index in [1.54, 1.807) is 71.9 Å². The smallest absolute Gasteiger partial charge is 0.420 e. The highest BCUT2D eigenvalue weighted by Crippen LogP contribution is 2.37. The third-order valence-corrected chi connectivity index (χ3v) is 11.2. The number of methoxy groups -OCH3 is 1. The Hall–Kier alpha value is -4.24. The number of hydrogen-bond acceptors (Lipinski definition) is 13. The summed E-state index contributed by atoms with van der Waals surface area (Å²) in [4.78, 5) is 74.9. The van der Waals surface area contributed by atoms with Gasteiger partial charge in [-0.15, -0.1) is 0 Å². The molecule has 302 valence electrons. The molecule has 2 aliphatic rings. The topological polar surface area (TPSA) is 162 Å². The van der Waals surface area contributed by atoms with Gasteiger partial charge in [-0.25, -0.2) is 19.1 Å². The Morgan fingerprint density at radius 3 is 2.31 bits per heavy atom. The van der Waals surface area contributed by atoms with Crippen molar-refractivity contribution >= 4 is 29.6 Å². The normalized spacial score (nSPS) is 34.9. The van der Waals surface area contributed by atoms with Crippen molar-refractivity contribution in [1.82, 2.24) is 14.5 Å². The van der Waals surface area contributed by atoms with E-state index in [2.05, 4.69) is 4.98 Å². The van der Waals surface area contributed by atoms with Gasteiger partial charge < -0.3 is 33.3 Å². The Morgan fingerprint density at radius 1 is 1.05 bits per heavy atom. The predicted octanol–water partition coefficient (Wildman–Crippen LogP) is 5.43. The lowest BCUT2D eigenvalue weighted by Crippen LogP contribution is -2.58. The first-order valence-electron chi connectivity index (χ1n) is 18.8. The van der Waals surface area contributed by atoms with Crippen LogP contribution in [0.4, 0.5) is 4.79 Å². The molecular formula is C41H57N3O11. The van der Waals surface area contributed by atoms with Gasteiger partial charge in [-0.05, 0) is 85.3 Å². The summed E-state index contributed by atoms with van der Waals surface area (Å²) in [5.41, 5.74) is -2.26. The summed E-state index contributed by atoms with van der Waals surface area (Å²) >= 11 is 0. The molecule has 1 saturated heterocycles. The first kappa shape index (κ1) is 43.5. The fraction of sp³-hybridized carbons (Fsp3) is 0.610. The zero-order chi connectivity index (χ0) is 40.8. The molecular weight excluding hydrogens is 710 g/mol. The summed E-state index contributed by atoms with van der Waals surface area (Å²) in [5, 5.41) is 0. The standard InChI is InChI=1S/C41H57N3O11/c1-12-32-41(8,55-39(49)44-19-18-42-23-44)21-24(2)33(45)28(6)40(7,50-11)22-31(26(4)34(46)27(5)36(47)53-32)52-38-35(30(43(9)10)20-25(3)51-38)54-37(48)29-16-14-13-15-17-29/h13-19,21,23,25-28,30-32,35,38H,12,20,22H2,1-11H3/b24-21+/t25-,26-,27-,28+,30+,31+,32-,35-,38+,40-,41+/m1/s1. The molecule has 4 rings (SSSR count). The van der Waals surface area contributed by atoms with Crippen molar-refractivity contribution in [3.05, 3.63) is 66.3 Å². The first-order chi connectivity index (χ1) is 25.8. The minimum absolute atomic E-state index is 0.00303. The van der Waals surface area contributed by atoms with Gasteiger partial charge in [-0.3, -0.25) is 14.4 Å². The molecule has 0 aliphatic carbocycles. The molecule has 0 bridgehead atoms. The van der Waals surface area contributed by atoms with Gasteiger partial charge >= 0.3 is 18.0 Å². The first-order valence-corrected chi connectivity index (χ1v) is 18.8. The Labute approximate surface area is 323 Å². The minimum atomic E-state index is -1.62. The zero-order valence-electron chi connectivity index (χ0n) is 33.8. The molecule has 0 spiro atoms. The van der Waals surface area contributed by atoms with E-state index < -0.39 is 77.4 Å². The fourth-order valence-corrected chi connectivity index (χ4v) is 7.34. The number of cyclic esters (lactones) is 1. The lowest BCUT2D eigenvalue weighted by molar-refractivity contribution is -0.276. The number of carbonyl (C=O) groups excluding carboxylic acids is 5. The van der Waals surface area contributed by atoms with E-state index in [9.17, 15) is 24.0 Å². The molecule has 1 aromatic carbocycles. The number of rotatable bonds is 8. The highest BCUT2D eigenvalue weighted by molar-refractivity contribution is 6.00. The van der Waals surface area contributed by atoms with Gasteiger partial charge in [-0.2, -0.15) is 0 Å². The van der Waals surface area contributed by atoms with Crippen molar-refractivity contribution in [2.75, 3.05) is 21.2 Å². The maximum atomic E-state index is 14.3. The second kappa shape index (κ2) is 18.1. The number of ether oxygens (including phenoxy) is 6. The van der Waals surface area contributed by atoms with Crippen LogP contribution in [0.25, 0.3) is 0 Å². The number of likely N-dealkylation sites (N-methyl/N-ethyl adjacent to an activating group) is 1. The van der Waals surface area contributed by atoms with Crippen molar-refractivity contribution in [2.24, 2.45) is 17.8 Å². The van der Waals surface area contributed by atoms with E-state index in [1.165, 1.54) is 38.8 Å². The number of imidazole rings is 1. The van der Waals surface area contributed by atoms with Crippen LogP contribution in [0.15, 0.2) is 60.7 Å². The summed E-state index contributed by atoms with van der Waals surface area (Å²) in [6.07, 6.45) is 1.05. The Bertz CT molecular complexity index is 1700. The SMILES string of the molecule is CC[C@H]1OC(=O)[C@H](C)C(=O)[C@H](C)[C@@H](O[C@@H]2O[C@H](C)C[C@H](N(C)C)[C@H]2OC(=O)c2ccccc2)C[C@@](C)(OC)[C@@H](C)C(=O)/C(C)=C/[C@]1(C)OC(=O)n1ccnc1. The summed E-state index contributed by atoms with van der Waals surface area (Å²) in [6.45, 7) is 13.4. The van der Waals surface area contributed by atoms with Crippen molar-refractivity contribution in [1.29, 1.82) is 0 Å². The number of ketones is 2. The second-order valence-corrected chi connectivity index (χ2v) is 15.4. The van der Waals surface area contributed by atoms with Crippen LogP contribution in [0, 0.1) is 17.8 Å². The molecule has 0 unspecified atom stereocenters. The number of carbonyl (C=O) groups is 5.